The molecule has 0 saturated carbocycles. The number of hydrazine groups is 1. The first-order valence-electron chi connectivity index (χ1n) is 9.41. The summed E-state index contributed by atoms with van der Waals surface area (Å²) in [4.78, 5) is 24.6. The van der Waals surface area contributed by atoms with Crippen LogP contribution in [0.3, 0.4) is 0 Å². The first-order chi connectivity index (χ1) is 14.1. The maximum absolute atomic E-state index is 12.7. The van der Waals surface area contributed by atoms with E-state index in [0.717, 1.165) is 29.8 Å². The first-order valence-corrected chi connectivity index (χ1v) is 9.41. The number of carbonyl (C=O) groups excluding carboxylic acids is 2. The van der Waals surface area contributed by atoms with Crippen molar-refractivity contribution in [2.24, 2.45) is 5.41 Å². The summed E-state index contributed by atoms with van der Waals surface area (Å²) in [7, 11) is 1.29. The summed E-state index contributed by atoms with van der Waals surface area (Å²) in [6, 6.07) is 13.1. The number of methoxy groups -OCH3 is 1. The molecule has 0 aliphatic heterocycles. The van der Waals surface area contributed by atoms with Gasteiger partial charge >= 0.3 is 12.1 Å². The van der Waals surface area contributed by atoms with Gasteiger partial charge in [0.1, 0.15) is 0 Å². The van der Waals surface area contributed by atoms with Gasteiger partial charge in [0.05, 0.1) is 18.1 Å². The number of carbonyl (C=O) groups is 2. The molecular formula is C22H25F3N2O3. The minimum Gasteiger partial charge on any atom is -0.469 e. The van der Waals surface area contributed by atoms with Crippen LogP contribution in [-0.4, -0.2) is 25.0 Å². The van der Waals surface area contributed by atoms with E-state index in [-0.39, 0.29) is 5.56 Å². The molecule has 162 valence electrons. The van der Waals surface area contributed by atoms with E-state index in [2.05, 4.69) is 10.9 Å². The fraction of sp³-hybridized carbons (Fsp3) is 0.364. The number of ether oxygens (including phenoxy) is 1. The minimum absolute atomic E-state index is 0.0631. The lowest BCUT2D eigenvalue weighted by molar-refractivity contribution is -0.152. The Labute approximate surface area is 173 Å². The fourth-order valence-corrected chi connectivity index (χ4v) is 3.01. The number of rotatable bonds is 8. The highest BCUT2D eigenvalue weighted by atomic mass is 19.4. The summed E-state index contributed by atoms with van der Waals surface area (Å²) in [6.45, 7) is 3.40. The van der Waals surface area contributed by atoms with Crippen LogP contribution in [0.2, 0.25) is 0 Å². The lowest BCUT2D eigenvalue weighted by Gasteiger charge is -2.32. The highest BCUT2D eigenvalue weighted by molar-refractivity contribution is 5.93. The number of halogens is 3. The average molecular weight is 422 g/mol. The molecule has 1 unspecified atom stereocenters. The molecule has 5 nitrogen and oxygen atoms in total. The van der Waals surface area contributed by atoms with Gasteiger partial charge in [-0.3, -0.25) is 15.0 Å². The Bertz CT molecular complexity index is 850. The third-order valence-corrected chi connectivity index (χ3v) is 4.98. The Kier molecular flexibility index (Phi) is 7.61. The first kappa shape index (κ1) is 23.4. The van der Waals surface area contributed by atoms with E-state index in [4.69, 9.17) is 4.74 Å². The summed E-state index contributed by atoms with van der Waals surface area (Å²) < 4.78 is 42.9. The van der Waals surface area contributed by atoms with Crippen LogP contribution in [0.15, 0.2) is 54.6 Å². The van der Waals surface area contributed by atoms with Gasteiger partial charge < -0.3 is 4.74 Å². The smallest absolute Gasteiger partial charge is 0.416 e. The summed E-state index contributed by atoms with van der Waals surface area (Å²) in [6.07, 6.45) is -3.31. The van der Waals surface area contributed by atoms with E-state index >= 15 is 0 Å². The van der Waals surface area contributed by atoms with Crippen molar-refractivity contribution < 1.29 is 27.5 Å². The largest absolute Gasteiger partial charge is 0.469 e. The number of hydrogen-bond donors (Lipinski definition) is 2. The quantitative estimate of drug-likeness (QED) is 0.496. The van der Waals surface area contributed by atoms with Crippen molar-refractivity contribution >= 4 is 11.9 Å². The van der Waals surface area contributed by atoms with Crippen molar-refractivity contribution in [3.05, 3.63) is 71.3 Å². The van der Waals surface area contributed by atoms with Crippen LogP contribution in [0.1, 0.15) is 41.8 Å². The maximum atomic E-state index is 12.7. The molecule has 0 spiro atoms. The van der Waals surface area contributed by atoms with E-state index in [1.165, 1.54) is 7.11 Å². The van der Waals surface area contributed by atoms with Crippen molar-refractivity contribution in [1.82, 2.24) is 10.9 Å². The van der Waals surface area contributed by atoms with Crippen molar-refractivity contribution in [2.75, 3.05) is 7.11 Å². The zero-order valence-corrected chi connectivity index (χ0v) is 17.0. The molecule has 1 atom stereocenters. The Morgan fingerprint density at radius 3 is 2.13 bits per heavy atom. The van der Waals surface area contributed by atoms with Crippen LogP contribution in [-0.2, 0) is 22.1 Å². The van der Waals surface area contributed by atoms with E-state index in [1.54, 1.807) is 13.8 Å². The van der Waals surface area contributed by atoms with E-state index in [9.17, 15) is 22.8 Å². The number of esters is 1. The van der Waals surface area contributed by atoms with Crippen LogP contribution in [0.4, 0.5) is 13.2 Å². The van der Waals surface area contributed by atoms with Crippen LogP contribution in [0.5, 0.6) is 0 Å². The molecule has 8 heteroatoms. The fourth-order valence-electron chi connectivity index (χ4n) is 3.01. The monoisotopic (exact) mass is 422 g/mol. The highest BCUT2D eigenvalue weighted by Gasteiger charge is 2.38. The lowest BCUT2D eigenvalue weighted by atomic mass is 9.81. The maximum Gasteiger partial charge on any atom is 0.416 e. The van der Waals surface area contributed by atoms with E-state index < -0.39 is 35.1 Å². The SMILES string of the molecule is COC(=O)C(C)(C)C(CCc1ccccc1)NNC(=O)c1ccc(C(F)(F)F)cc1. The number of amides is 1. The van der Waals surface area contributed by atoms with Crippen molar-refractivity contribution in [2.45, 2.75) is 38.9 Å². The van der Waals surface area contributed by atoms with Gasteiger partial charge in [-0.25, -0.2) is 5.43 Å². The normalized spacial score (nSPS) is 12.9. The molecule has 2 aromatic rings. The van der Waals surface area contributed by atoms with Gasteiger partial charge in [0.15, 0.2) is 0 Å². The van der Waals surface area contributed by atoms with Gasteiger partial charge in [-0.2, -0.15) is 13.2 Å². The lowest BCUT2D eigenvalue weighted by Crippen LogP contribution is -2.54. The molecule has 1 amide bonds. The molecule has 2 N–H and O–H groups in total. The molecular weight excluding hydrogens is 397 g/mol. The van der Waals surface area contributed by atoms with Crippen LogP contribution < -0.4 is 10.9 Å². The molecule has 0 radical (unpaired) electrons. The summed E-state index contributed by atoms with van der Waals surface area (Å²) in [5.74, 6) is -1.05. The summed E-state index contributed by atoms with van der Waals surface area (Å²) in [5.41, 5.74) is 4.70. The number of alkyl halides is 3. The van der Waals surface area contributed by atoms with Crippen LogP contribution in [0, 0.1) is 5.41 Å². The Balaban J connectivity index is 2.09. The van der Waals surface area contributed by atoms with Crippen molar-refractivity contribution in [1.29, 1.82) is 0 Å². The predicted molar refractivity (Wildman–Crippen MR) is 106 cm³/mol. The average Bonchev–Trinajstić information content (AvgIpc) is 2.72. The number of hydrogen-bond acceptors (Lipinski definition) is 4. The minimum atomic E-state index is -4.47. The molecule has 0 bridgehead atoms. The highest BCUT2D eigenvalue weighted by Crippen LogP contribution is 2.29. The second-order valence-corrected chi connectivity index (χ2v) is 7.46. The molecule has 0 aliphatic rings. The van der Waals surface area contributed by atoms with E-state index in [1.807, 2.05) is 30.3 Å². The van der Waals surface area contributed by atoms with Crippen LogP contribution in [0.25, 0.3) is 0 Å². The summed E-state index contributed by atoms with van der Waals surface area (Å²) >= 11 is 0. The zero-order valence-electron chi connectivity index (χ0n) is 17.0. The standard InChI is InChI=1S/C22H25F3N2O3/c1-21(2,20(29)30-3)18(14-9-15-7-5-4-6-8-15)26-27-19(28)16-10-12-17(13-11-16)22(23,24)25/h4-8,10-13,18,26H,9,14H2,1-3H3,(H,27,28). The zero-order chi connectivity index (χ0) is 22.4. The molecule has 2 aromatic carbocycles. The van der Waals surface area contributed by atoms with Gasteiger partial charge in [0.2, 0.25) is 0 Å². The van der Waals surface area contributed by atoms with Crippen molar-refractivity contribution in [3.63, 3.8) is 0 Å². The number of benzene rings is 2. The second-order valence-electron chi connectivity index (χ2n) is 7.46. The van der Waals surface area contributed by atoms with Gasteiger partial charge in [0, 0.05) is 11.6 Å². The molecule has 30 heavy (non-hydrogen) atoms. The Morgan fingerprint density at radius 1 is 1.00 bits per heavy atom. The number of nitrogens with one attached hydrogen (secondary N) is 2. The van der Waals surface area contributed by atoms with Crippen molar-refractivity contribution in [3.8, 4) is 0 Å². The van der Waals surface area contributed by atoms with Crippen LogP contribution >= 0.6 is 0 Å². The second kappa shape index (κ2) is 9.75. The molecule has 0 heterocycles. The molecule has 0 fully saturated rings. The number of aryl methyl sites for hydroxylation is 1. The van der Waals surface area contributed by atoms with Gasteiger partial charge in [-0.1, -0.05) is 30.3 Å². The van der Waals surface area contributed by atoms with E-state index in [0.29, 0.717) is 12.8 Å². The molecule has 2 rings (SSSR count). The predicted octanol–water partition coefficient (Wildman–Crippen LogP) is 4.14. The van der Waals surface area contributed by atoms with Gasteiger partial charge in [-0.15, -0.1) is 0 Å². The summed E-state index contributed by atoms with van der Waals surface area (Å²) in [5, 5.41) is 0. The Morgan fingerprint density at radius 2 is 1.60 bits per heavy atom. The molecule has 0 aliphatic carbocycles. The Hall–Kier alpha value is -2.87. The molecule has 0 aromatic heterocycles. The molecule has 0 saturated heterocycles. The third kappa shape index (κ3) is 6.06. The topological polar surface area (TPSA) is 67.4 Å². The van der Waals surface area contributed by atoms with Gasteiger partial charge in [0.25, 0.3) is 5.91 Å². The third-order valence-electron chi connectivity index (χ3n) is 4.98. The van der Waals surface area contributed by atoms with Gasteiger partial charge in [-0.05, 0) is 56.5 Å².